The molecule has 20 heavy (non-hydrogen) atoms. The summed E-state index contributed by atoms with van der Waals surface area (Å²) in [5.74, 6) is 5.72. The van der Waals surface area contributed by atoms with Gasteiger partial charge in [-0.15, -0.1) is 0 Å². The molecule has 0 aliphatic heterocycles. The minimum atomic E-state index is 0.291. The molecular weight excluding hydrogens is 248 g/mol. The van der Waals surface area contributed by atoms with Crippen molar-refractivity contribution in [2.24, 2.45) is 5.84 Å². The third kappa shape index (κ3) is 4.18. The lowest BCUT2D eigenvalue weighted by atomic mass is 9.93. The van der Waals surface area contributed by atoms with Gasteiger partial charge in [-0.25, -0.2) is 0 Å². The second-order valence-corrected chi connectivity index (χ2v) is 5.92. The second-order valence-electron chi connectivity index (χ2n) is 5.92. The maximum absolute atomic E-state index is 5.72. The molecule has 0 bridgehead atoms. The van der Waals surface area contributed by atoms with Crippen molar-refractivity contribution >= 4 is 0 Å². The van der Waals surface area contributed by atoms with E-state index in [4.69, 9.17) is 5.84 Å². The van der Waals surface area contributed by atoms with Crippen LogP contribution in [0.3, 0.4) is 0 Å². The summed E-state index contributed by atoms with van der Waals surface area (Å²) in [6.45, 7) is 4.38. The largest absolute Gasteiger partial charge is 0.271 e. The number of nitrogens with two attached hydrogens (primary N) is 1. The van der Waals surface area contributed by atoms with Gasteiger partial charge in [0.15, 0.2) is 0 Å². The van der Waals surface area contributed by atoms with E-state index in [1.54, 1.807) is 5.57 Å². The molecule has 112 valence electrons. The zero-order chi connectivity index (χ0) is 14.4. The molecular formula is C16H28N4. The van der Waals surface area contributed by atoms with Gasteiger partial charge in [0, 0.05) is 24.7 Å². The van der Waals surface area contributed by atoms with Crippen molar-refractivity contribution < 1.29 is 0 Å². The quantitative estimate of drug-likeness (QED) is 0.457. The molecule has 1 aromatic rings. The molecule has 1 aliphatic rings. The molecule has 4 heteroatoms. The van der Waals surface area contributed by atoms with Crippen LogP contribution in [0.2, 0.25) is 0 Å². The van der Waals surface area contributed by atoms with Crippen LogP contribution in [-0.2, 0) is 6.42 Å². The Morgan fingerprint density at radius 1 is 1.40 bits per heavy atom. The fourth-order valence-electron chi connectivity index (χ4n) is 2.77. The van der Waals surface area contributed by atoms with Crippen LogP contribution >= 0.6 is 0 Å². The summed E-state index contributed by atoms with van der Waals surface area (Å²) in [6.07, 6.45) is 12.7. The Bertz CT molecular complexity index is 435. The zero-order valence-corrected chi connectivity index (χ0v) is 12.8. The monoisotopic (exact) mass is 276 g/mol. The summed E-state index contributed by atoms with van der Waals surface area (Å²) in [4.78, 5) is 0. The van der Waals surface area contributed by atoms with E-state index in [1.807, 2.05) is 0 Å². The highest BCUT2D eigenvalue weighted by atomic mass is 15.3. The van der Waals surface area contributed by atoms with Crippen LogP contribution in [-0.4, -0.2) is 15.8 Å². The predicted octanol–water partition coefficient (Wildman–Crippen LogP) is 3.12. The molecule has 2 rings (SSSR count). The summed E-state index contributed by atoms with van der Waals surface area (Å²) >= 11 is 0. The van der Waals surface area contributed by atoms with Gasteiger partial charge in [0.25, 0.3) is 0 Å². The summed E-state index contributed by atoms with van der Waals surface area (Å²) < 4.78 is 2.06. The third-order valence-corrected chi connectivity index (χ3v) is 4.29. The van der Waals surface area contributed by atoms with Crippen LogP contribution < -0.4 is 11.3 Å². The van der Waals surface area contributed by atoms with E-state index < -0.39 is 0 Å². The van der Waals surface area contributed by atoms with Crippen molar-refractivity contribution in [3.8, 4) is 0 Å². The van der Waals surface area contributed by atoms with Crippen LogP contribution in [0, 0.1) is 0 Å². The number of hydrogen-bond acceptors (Lipinski definition) is 3. The molecule has 2 atom stereocenters. The van der Waals surface area contributed by atoms with E-state index in [0.29, 0.717) is 12.1 Å². The maximum atomic E-state index is 5.72. The first-order valence-electron chi connectivity index (χ1n) is 7.91. The first kappa shape index (κ1) is 15.3. The number of allylic oxidation sites excluding steroid dienone is 1. The van der Waals surface area contributed by atoms with Crippen LogP contribution in [0.4, 0.5) is 0 Å². The van der Waals surface area contributed by atoms with Gasteiger partial charge in [-0.3, -0.25) is 16.0 Å². The van der Waals surface area contributed by atoms with Gasteiger partial charge >= 0.3 is 0 Å². The topological polar surface area (TPSA) is 55.9 Å². The molecule has 0 fully saturated rings. The average molecular weight is 276 g/mol. The van der Waals surface area contributed by atoms with Gasteiger partial charge < -0.3 is 0 Å². The number of hydrazine groups is 1. The van der Waals surface area contributed by atoms with Gasteiger partial charge in [-0.2, -0.15) is 5.10 Å². The first-order chi connectivity index (χ1) is 9.72. The average Bonchev–Trinajstić information content (AvgIpc) is 2.95. The molecule has 0 aromatic carbocycles. The predicted molar refractivity (Wildman–Crippen MR) is 83.2 cm³/mol. The van der Waals surface area contributed by atoms with Crippen molar-refractivity contribution in [1.29, 1.82) is 0 Å². The standard InChI is InChI=1S/C16H28N4/c1-3-13(2)20-10-9-15(19-20)12-16(18-17)11-14-7-5-4-6-8-14/h7,9-10,13,16,18H,3-6,8,11-12,17H2,1-2H3. The van der Waals surface area contributed by atoms with Crippen LogP contribution in [0.15, 0.2) is 23.9 Å². The molecule has 3 N–H and O–H groups in total. The summed E-state index contributed by atoms with van der Waals surface area (Å²) in [5, 5.41) is 4.66. The molecule has 0 amide bonds. The van der Waals surface area contributed by atoms with Gasteiger partial charge in [-0.05, 0) is 51.5 Å². The Hall–Kier alpha value is -1.13. The molecule has 0 saturated carbocycles. The Labute approximate surface area is 122 Å². The lowest BCUT2D eigenvalue weighted by molar-refractivity contribution is 0.461. The highest BCUT2D eigenvalue weighted by Crippen LogP contribution is 2.22. The third-order valence-electron chi connectivity index (χ3n) is 4.29. The van der Waals surface area contributed by atoms with E-state index in [0.717, 1.165) is 25.0 Å². The minimum absolute atomic E-state index is 0.291. The Morgan fingerprint density at radius 2 is 2.25 bits per heavy atom. The Morgan fingerprint density at radius 3 is 2.90 bits per heavy atom. The summed E-state index contributed by atoms with van der Waals surface area (Å²) in [7, 11) is 0. The lowest BCUT2D eigenvalue weighted by Crippen LogP contribution is -2.37. The highest BCUT2D eigenvalue weighted by Gasteiger charge is 2.14. The van der Waals surface area contributed by atoms with Crippen LogP contribution in [0.5, 0.6) is 0 Å². The fraction of sp³-hybridized carbons (Fsp3) is 0.688. The number of hydrogen-bond donors (Lipinski definition) is 2. The first-order valence-corrected chi connectivity index (χ1v) is 7.91. The lowest BCUT2D eigenvalue weighted by Gasteiger charge is -2.19. The number of aromatic nitrogens is 2. The SMILES string of the molecule is CCC(C)n1ccc(CC(CC2=CCCCC2)NN)n1. The van der Waals surface area contributed by atoms with Crippen molar-refractivity contribution in [1.82, 2.24) is 15.2 Å². The molecule has 2 unspecified atom stereocenters. The minimum Gasteiger partial charge on any atom is -0.271 e. The molecule has 0 saturated heterocycles. The van der Waals surface area contributed by atoms with Crippen LogP contribution in [0.25, 0.3) is 0 Å². The van der Waals surface area contributed by atoms with Crippen molar-refractivity contribution in [3.05, 3.63) is 29.6 Å². The van der Waals surface area contributed by atoms with Crippen molar-refractivity contribution in [2.75, 3.05) is 0 Å². The highest BCUT2D eigenvalue weighted by molar-refractivity contribution is 5.09. The Balaban J connectivity index is 1.92. The fourth-order valence-corrected chi connectivity index (χ4v) is 2.77. The maximum Gasteiger partial charge on any atom is 0.0640 e. The normalized spacial score (nSPS) is 18.6. The van der Waals surface area contributed by atoms with E-state index in [1.165, 1.54) is 25.7 Å². The van der Waals surface area contributed by atoms with E-state index >= 15 is 0 Å². The van der Waals surface area contributed by atoms with E-state index in [2.05, 4.69) is 47.4 Å². The molecule has 1 aliphatic carbocycles. The molecule has 0 radical (unpaired) electrons. The van der Waals surface area contributed by atoms with E-state index in [-0.39, 0.29) is 0 Å². The summed E-state index contributed by atoms with van der Waals surface area (Å²) in [6, 6.07) is 2.87. The van der Waals surface area contributed by atoms with Crippen molar-refractivity contribution in [3.63, 3.8) is 0 Å². The summed E-state index contributed by atoms with van der Waals surface area (Å²) in [5.41, 5.74) is 5.65. The van der Waals surface area contributed by atoms with Crippen LogP contribution in [0.1, 0.15) is 64.1 Å². The Kier molecular flexibility index (Phi) is 5.80. The zero-order valence-electron chi connectivity index (χ0n) is 12.8. The smallest absolute Gasteiger partial charge is 0.0640 e. The number of nitrogens with one attached hydrogen (secondary N) is 1. The molecule has 4 nitrogen and oxygen atoms in total. The molecule has 0 spiro atoms. The van der Waals surface area contributed by atoms with Gasteiger partial charge in [0.05, 0.1) is 5.69 Å². The van der Waals surface area contributed by atoms with Gasteiger partial charge in [-0.1, -0.05) is 18.6 Å². The van der Waals surface area contributed by atoms with Gasteiger partial charge in [0.1, 0.15) is 0 Å². The number of nitrogens with zero attached hydrogens (tertiary/aromatic N) is 2. The second kappa shape index (κ2) is 7.60. The molecule has 1 aromatic heterocycles. The number of rotatable bonds is 7. The van der Waals surface area contributed by atoms with Crippen molar-refractivity contribution in [2.45, 2.75) is 70.9 Å². The molecule has 1 heterocycles. The van der Waals surface area contributed by atoms with Gasteiger partial charge in [0.2, 0.25) is 0 Å². The van der Waals surface area contributed by atoms with E-state index in [9.17, 15) is 0 Å².